The summed E-state index contributed by atoms with van der Waals surface area (Å²) in [6, 6.07) is 18.3. The first kappa shape index (κ1) is 17.2. The van der Waals surface area contributed by atoms with Gasteiger partial charge in [0, 0.05) is 0 Å². The van der Waals surface area contributed by atoms with Crippen LogP contribution in [0.15, 0.2) is 48.5 Å². The Morgan fingerprint density at radius 2 is 1.54 bits per heavy atom. The predicted molar refractivity (Wildman–Crippen MR) is 104 cm³/mol. The van der Waals surface area contributed by atoms with Crippen LogP contribution in [0, 0.1) is 6.92 Å². The maximum absolute atomic E-state index is 3.45. The highest BCUT2D eigenvalue weighted by Gasteiger charge is 2.14. The van der Waals surface area contributed by atoms with Crippen molar-refractivity contribution < 1.29 is 0 Å². The van der Waals surface area contributed by atoms with Crippen molar-refractivity contribution in [3.05, 3.63) is 70.8 Å². The van der Waals surface area contributed by atoms with Crippen molar-refractivity contribution in [3.63, 3.8) is 0 Å². The molecule has 1 heteroatoms. The minimum atomic E-state index is 0.773. The highest BCUT2D eigenvalue weighted by molar-refractivity contribution is 5.26. The zero-order valence-electron chi connectivity index (χ0n) is 15.1. The second kappa shape index (κ2) is 9.03. The van der Waals surface area contributed by atoms with Crippen molar-refractivity contribution in [1.82, 2.24) is 5.32 Å². The summed E-state index contributed by atoms with van der Waals surface area (Å²) in [6.45, 7) is 4.57. The Balaban J connectivity index is 1.38. The van der Waals surface area contributed by atoms with Gasteiger partial charge in [0.15, 0.2) is 0 Å². The Labute approximate surface area is 147 Å². The van der Waals surface area contributed by atoms with Gasteiger partial charge in [-0.05, 0) is 86.7 Å². The third kappa shape index (κ3) is 4.95. The van der Waals surface area contributed by atoms with Crippen LogP contribution in [0.1, 0.15) is 60.3 Å². The van der Waals surface area contributed by atoms with Gasteiger partial charge in [-0.25, -0.2) is 0 Å². The summed E-state index contributed by atoms with van der Waals surface area (Å²) in [6.07, 6.45) is 8.96. The summed E-state index contributed by atoms with van der Waals surface area (Å²) in [7, 11) is 0. The summed E-state index contributed by atoms with van der Waals surface area (Å²) in [5.74, 6) is 0.773. The molecule has 0 amide bonds. The fourth-order valence-electron chi connectivity index (χ4n) is 3.82. The van der Waals surface area contributed by atoms with Crippen LogP contribution >= 0.6 is 0 Å². The van der Waals surface area contributed by atoms with E-state index in [1.165, 1.54) is 74.7 Å². The quantitative estimate of drug-likeness (QED) is 0.672. The van der Waals surface area contributed by atoms with Gasteiger partial charge < -0.3 is 5.32 Å². The van der Waals surface area contributed by atoms with Gasteiger partial charge in [-0.3, -0.25) is 0 Å². The van der Waals surface area contributed by atoms with E-state index in [4.69, 9.17) is 0 Å². The second-order valence-electron chi connectivity index (χ2n) is 7.25. The number of unbranched alkanes of at least 4 members (excludes halogenated alkanes) is 2. The number of hydrogen-bond donors (Lipinski definition) is 1. The van der Waals surface area contributed by atoms with E-state index in [0.29, 0.717) is 0 Å². The molecule has 1 heterocycles. The molecule has 2 aromatic rings. The monoisotopic (exact) mass is 321 g/mol. The van der Waals surface area contributed by atoms with Gasteiger partial charge in [0.25, 0.3) is 0 Å². The molecular formula is C23H31N. The van der Waals surface area contributed by atoms with Crippen molar-refractivity contribution >= 4 is 0 Å². The average Bonchev–Trinajstić information content (AvgIpc) is 2.64. The number of nitrogens with one attached hydrogen (secondary N) is 1. The van der Waals surface area contributed by atoms with E-state index in [1.807, 2.05) is 0 Å². The Hall–Kier alpha value is -1.60. The smallest absolute Gasteiger partial charge is 0.00431 e. The summed E-state index contributed by atoms with van der Waals surface area (Å²) in [4.78, 5) is 0. The number of benzene rings is 2. The van der Waals surface area contributed by atoms with Crippen molar-refractivity contribution in [2.24, 2.45) is 0 Å². The average molecular weight is 322 g/mol. The molecule has 1 aliphatic heterocycles. The topological polar surface area (TPSA) is 12.0 Å². The zero-order chi connectivity index (χ0) is 16.6. The summed E-state index contributed by atoms with van der Waals surface area (Å²) < 4.78 is 0. The van der Waals surface area contributed by atoms with Gasteiger partial charge in [0.1, 0.15) is 0 Å². The number of piperidine rings is 1. The predicted octanol–water partition coefficient (Wildman–Crippen LogP) is 5.42. The van der Waals surface area contributed by atoms with Crippen LogP contribution < -0.4 is 5.32 Å². The van der Waals surface area contributed by atoms with Crippen molar-refractivity contribution in [2.45, 2.75) is 57.8 Å². The Morgan fingerprint density at radius 3 is 2.29 bits per heavy atom. The van der Waals surface area contributed by atoms with Gasteiger partial charge in [0.2, 0.25) is 0 Å². The van der Waals surface area contributed by atoms with Crippen molar-refractivity contribution in [1.29, 1.82) is 0 Å². The first-order chi connectivity index (χ1) is 11.8. The summed E-state index contributed by atoms with van der Waals surface area (Å²) >= 11 is 0. The molecule has 1 saturated heterocycles. The molecule has 3 rings (SSSR count). The molecule has 0 unspecified atom stereocenters. The van der Waals surface area contributed by atoms with Gasteiger partial charge in [-0.2, -0.15) is 0 Å². The van der Waals surface area contributed by atoms with E-state index in [9.17, 15) is 0 Å². The standard InChI is InChI=1S/C23H31N/c1-19-7-5-6-10-21(19)9-4-2-3-8-20-11-13-22(14-12-20)23-15-17-24-18-16-23/h5-7,10-14,23-24H,2-4,8-9,15-18H2,1H3. The maximum atomic E-state index is 3.45. The maximum Gasteiger partial charge on any atom is -0.00431 e. The Bertz CT molecular complexity index is 608. The van der Waals surface area contributed by atoms with Gasteiger partial charge in [-0.15, -0.1) is 0 Å². The van der Waals surface area contributed by atoms with Crippen LogP contribution in [0.2, 0.25) is 0 Å². The molecular weight excluding hydrogens is 290 g/mol. The molecule has 1 nitrogen and oxygen atoms in total. The van der Waals surface area contributed by atoms with Gasteiger partial charge in [0.05, 0.1) is 0 Å². The zero-order valence-corrected chi connectivity index (χ0v) is 15.1. The SMILES string of the molecule is Cc1ccccc1CCCCCc1ccc(C2CCNCC2)cc1. The van der Waals surface area contributed by atoms with Gasteiger partial charge in [-0.1, -0.05) is 55.0 Å². The van der Waals surface area contributed by atoms with Crippen LogP contribution in [0.5, 0.6) is 0 Å². The van der Waals surface area contributed by atoms with Crippen LogP contribution in [-0.2, 0) is 12.8 Å². The highest BCUT2D eigenvalue weighted by Crippen LogP contribution is 2.25. The molecule has 0 bridgehead atoms. The number of hydrogen-bond acceptors (Lipinski definition) is 1. The lowest BCUT2D eigenvalue weighted by atomic mass is 9.89. The van der Waals surface area contributed by atoms with Crippen LogP contribution in [0.3, 0.4) is 0 Å². The van der Waals surface area contributed by atoms with E-state index in [0.717, 1.165) is 5.92 Å². The summed E-state index contributed by atoms with van der Waals surface area (Å²) in [5.41, 5.74) is 6.00. The molecule has 1 N–H and O–H groups in total. The molecule has 0 atom stereocenters. The summed E-state index contributed by atoms with van der Waals surface area (Å²) in [5, 5.41) is 3.45. The minimum absolute atomic E-state index is 0.773. The lowest BCUT2D eigenvalue weighted by molar-refractivity contribution is 0.460. The molecule has 0 spiro atoms. The van der Waals surface area contributed by atoms with E-state index >= 15 is 0 Å². The molecule has 128 valence electrons. The van der Waals surface area contributed by atoms with Crippen LogP contribution in [0.25, 0.3) is 0 Å². The Kier molecular flexibility index (Phi) is 6.48. The van der Waals surface area contributed by atoms with E-state index < -0.39 is 0 Å². The minimum Gasteiger partial charge on any atom is -0.317 e. The fourth-order valence-corrected chi connectivity index (χ4v) is 3.82. The first-order valence-electron chi connectivity index (χ1n) is 9.67. The largest absolute Gasteiger partial charge is 0.317 e. The fraction of sp³-hybridized carbons (Fsp3) is 0.478. The lowest BCUT2D eigenvalue weighted by Crippen LogP contribution is -2.26. The molecule has 0 radical (unpaired) electrons. The molecule has 1 fully saturated rings. The van der Waals surface area contributed by atoms with E-state index in [1.54, 1.807) is 5.56 Å². The normalized spacial score (nSPS) is 15.5. The van der Waals surface area contributed by atoms with Crippen LogP contribution in [0.4, 0.5) is 0 Å². The molecule has 0 saturated carbocycles. The molecule has 1 aliphatic rings. The molecule has 0 aliphatic carbocycles. The van der Waals surface area contributed by atoms with Crippen LogP contribution in [-0.4, -0.2) is 13.1 Å². The third-order valence-corrected chi connectivity index (χ3v) is 5.46. The van der Waals surface area contributed by atoms with E-state index in [2.05, 4.69) is 60.8 Å². The second-order valence-corrected chi connectivity index (χ2v) is 7.25. The number of aryl methyl sites for hydroxylation is 3. The molecule has 0 aromatic heterocycles. The van der Waals surface area contributed by atoms with Crippen molar-refractivity contribution in [2.75, 3.05) is 13.1 Å². The first-order valence-corrected chi connectivity index (χ1v) is 9.67. The van der Waals surface area contributed by atoms with E-state index in [-0.39, 0.29) is 0 Å². The Morgan fingerprint density at radius 1 is 0.833 bits per heavy atom. The highest BCUT2D eigenvalue weighted by atomic mass is 14.9. The van der Waals surface area contributed by atoms with Gasteiger partial charge >= 0.3 is 0 Å². The van der Waals surface area contributed by atoms with Crippen molar-refractivity contribution in [3.8, 4) is 0 Å². The molecule has 24 heavy (non-hydrogen) atoms. The lowest BCUT2D eigenvalue weighted by Gasteiger charge is -2.23. The third-order valence-electron chi connectivity index (χ3n) is 5.46. The number of rotatable bonds is 7. The molecule has 2 aromatic carbocycles.